The molecular weight excluding hydrogens is 252 g/mol. The van der Waals surface area contributed by atoms with Gasteiger partial charge in [0.05, 0.1) is 4.90 Å². The second-order valence-corrected chi connectivity index (χ2v) is 5.64. The molecule has 0 heterocycles. The summed E-state index contributed by atoms with van der Waals surface area (Å²) in [6.45, 7) is 2.08. The van der Waals surface area contributed by atoms with Crippen molar-refractivity contribution in [1.29, 1.82) is 0 Å². The molecule has 0 spiro atoms. The Morgan fingerprint density at radius 1 is 0.895 bits per heavy atom. The predicted octanol–water partition coefficient (Wildman–Crippen LogP) is 5.01. The van der Waals surface area contributed by atoms with Gasteiger partial charge in [-0.1, -0.05) is 59.8 Å². The highest BCUT2D eigenvalue weighted by Gasteiger charge is 2.08. The van der Waals surface area contributed by atoms with E-state index < -0.39 is 0 Å². The van der Waals surface area contributed by atoms with E-state index in [9.17, 15) is 5.11 Å². The highest BCUT2D eigenvalue weighted by molar-refractivity contribution is 7.99. The summed E-state index contributed by atoms with van der Waals surface area (Å²) in [5, 5.41) is 12.4. The van der Waals surface area contributed by atoms with Gasteiger partial charge in [0.25, 0.3) is 0 Å². The molecule has 19 heavy (non-hydrogen) atoms. The van der Waals surface area contributed by atoms with E-state index in [1.165, 1.54) is 5.56 Å². The monoisotopic (exact) mass is 266 g/mol. The molecule has 1 nitrogen and oxygen atoms in total. The third-order valence-corrected chi connectivity index (χ3v) is 4.19. The minimum absolute atomic E-state index is 0.338. The zero-order chi connectivity index (χ0) is 13.2. The summed E-state index contributed by atoms with van der Waals surface area (Å²) < 4.78 is 0. The van der Waals surface area contributed by atoms with Gasteiger partial charge in [-0.25, -0.2) is 0 Å². The van der Waals surface area contributed by atoms with Crippen LogP contribution in [-0.4, -0.2) is 5.11 Å². The van der Waals surface area contributed by atoms with Crippen molar-refractivity contribution in [3.05, 3.63) is 66.2 Å². The van der Waals surface area contributed by atoms with Crippen LogP contribution in [0.2, 0.25) is 0 Å². The van der Waals surface area contributed by atoms with Gasteiger partial charge in [0, 0.05) is 4.90 Å². The summed E-state index contributed by atoms with van der Waals surface area (Å²) in [7, 11) is 0. The van der Waals surface area contributed by atoms with Crippen LogP contribution < -0.4 is 0 Å². The van der Waals surface area contributed by atoms with Gasteiger partial charge in [-0.05, 0) is 35.9 Å². The maximum absolute atomic E-state index is 10.1. The van der Waals surface area contributed by atoms with Crippen molar-refractivity contribution < 1.29 is 5.11 Å². The molecule has 0 aliphatic carbocycles. The molecule has 0 atom stereocenters. The largest absolute Gasteiger partial charge is 0.507 e. The second-order valence-electron chi connectivity index (χ2n) is 4.55. The molecule has 0 saturated carbocycles. The van der Waals surface area contributed by atoms with Gasteiger partial charge in [0.15, 0.2) is 0 Å². The van der Waals surface area contributed by atoms with E-state index in [-0.39, 0.29) is 0 Å². The Hall–Kier alpha value is -1.93. The van der Waals surface area contributed by atoms with Crippen LogP contribution in [0.1, 0.15) is 5.56 Å². The van der Waals surface area contributed by atoms with E-state index >= 15 is 0 Å². The molecule has 94 valence electrons. The minimum Gasteiger partial charge on any atom is -0.507 e. The van der Waals surface area contributed by atoms with Crippen LogP contribution in [0, 0.1) is 6.92 Å². The first kappa shape index (κ1) is 12.1. The van der Waals surface area contributed by atoms with Gasteiger partial charge in [-0.2, -0.15) is 0 Å². The number of fused-ring (bicyclic) bond motifs is 1. The van der Waals surface area contributed by atoms with Gasteiger partial charge < -0.3 is 5.11 Å². The first-order chi connectivity index (χ1) is 9.24. The molecule has 0 aliphatic heterocycles. The van der Waals surface area contributed by atoms with Gasteiger partial charge in [-0.15, -0.1) is 0 Å². The molecule has 0 saturated heterocycles. The molecule has 0 radical (unpaired) electrons. The van der Waals surface area contributed by atoms with E-state index in [4.69, 9.17) is 0 Å². The van der Waals surface area contributed by atoms with Crippen molar-refractivity contribution in [3.63, 3.8) is 0 Å². The van der Waals surface area contributed by atoms with Gasteiger partial charge in [-0.3, -0.25) is 0 Å². The quantitative estimate of drug-likeness (QED) is 0.704. The van der Waals surface area contributed by atoms with Crippen LogP contribution in [0.3, 0.4) is 0 Å². The van der Waals surface area contributed by atoms with Crippen LogP contribution >= 0.6 is 11.8 Å². The van der Waals surface area contributed by atoms with E-state index in [1.807, 2.05) is 30.3 Å². The van der Waals surface area contributed by atoms with E-state index in [0.717, 1.165) is 20.6 Å². The van der Waals surface area contributed by atoms with Crippen LogP contribution in [0.25, 0.3) is 10.8 Å². The highest BCUT2D eigenvalue weighted by atomic mass is 32.2. The molecule has 0 amide bonds. The molecule has 3 aromatic carbocycles. The summed E-state index contributed by atoms with van der Waals surface area (Å²) in [6.07, 6.45) is 0. The fourth-order valence-electron chi connectivity index (χ4n) is 2.14. The number of rotatable bonds is 2. The molecule has 0 aliphatic rings. The molecule has 3 aromatic rings. The third kappa shape index (κ3) is 2.45. The Bertz CT molecular complexity index is 734. The Labute approximate surface area is 116 Å². The molecule has 1 N–H and O–H groups in total. The average Bonchev–Trinajstić information content (AvgIpc) is 2.42. The van der Waals surface area contributed by atoms with E-state index in [2.05, 4.69) is 31.2 Å². The third-order valence-electron chi connectivity index (χ3n) is 3.07. The number of hydrogen-bond donors (Lipinski definition) is 1. The van der Waals surface area contributed by atoms with Crippen LogP contribution in [0.5, 0.6) is 5.75 Å². The van der Waals surface area contributed by atoms with Crippen molar-refractivity contribution in [2.75, 3.05) is 0 Å². The molecule has 0 bridgehead atoms. The topological polar surface area (TPSA) is 20.2 Å². The first-order valence-electron chi connectivity index (χ1n) is 6.19. The summed E-state index contributed by atoms with van der Waals surface area (Å²) in [5.41, 5.74) is 1.23. The molecule has 0 unspecified atom stereocenters. The molecule has 2 heteroatoms. The summed E-state index contributed by atoms with van der Waals surface area (Å²) >= 11 is 1.61. The maximum Gasteiger partial charge on any atom is 0.130 e. The zero-order valence-electron chi connectivity index (χ0n) is 10.6. The minimum atomic E-state index is 0.338. The number of benzene rings is 3. The van der Waals surface area contributed by atoms with Gasteiger partial charge in [0.2, 0.25) is 0 Å². The van der Waals surface area contributed by atoms with Crippen LogP contribution in [0.4, 0.5) is 0 Å². The van der Waals surface area contributed by atoms with Crippen molar-refractivity contribution in [3.8, 4) is 5.75 Å². The lowest BCUT2D eigenvalue weighted by Crippen LogP contribution is -1.81. The molecule has 0 aromatic heterocycles. The predicted molar refractivity (Wildman–Crippen MR) is 80.9 cm³/mol. The number of aromatic hydroxyl groups is 1. The van der Waals surface area contributed by atoms with E-state index in [1.54, 1.807) is 17.8 Å². The number of aryl methyl sites for hydroxylation is 1. The number of phenols is 1. The number of phenolic OH excluding ortho intramolecular Hbond substituents is 1. The maximum atomic E-state index is 10.1. The summed E-state index contributed by atoms with van der Waals surface area (Å²) in [5.74, 6) is 0.338. The van der Waals surface area contributed by atoms with Gasteiger partial charge >= 0.3 is 0 Å². The fraction of sp³-hybridized carbons (Fsp3) is 0.0588. The summed E-state index contributed by atoms with van der Waals surface area (Å²) in [4.78, 5) is 2.07. The fourth-order valence-corrected chi connectivity index (χ4v) is 3.23. The van der Waals surface area contributed by atoms with Crippen LogP contribution in [0.15, 0.2) is 70.5 Å². The Kier molecular flexibility index (Phi) is 3.18. The van der Waals surface area contributed by atoms with Crippen molar-refractivity contribution in [2.45, 2.75) is 16.7 Å². The standard InChI is InChI=1S/C17H14OS/c1-12-5-4-7-14(11-12)19-17-15-8-3-2-6-13(15)9-10-16(17)18/h2-11,18H,1H3. The van der Waals surface area contributed by atoms with Gasteiger partial charge in [0.1, 0.15) is 5.75 Å². The van der Waals surface area contributed by atoms with Crippen LogP contribution in [-0.2, 0) is 0 Å². The molecule has 0 fully saturated rings. The lowest BCUT2D eigenvalue weighted by molar-refractivity contribution is 0.464. The average molecular weight is 266 g/mol. The second kappa shape index (κ2) is 4.98. The van der Waals surface area contributed by atoms with E-state index in [0.29, 0.717) is 5.75 Å². The molecular formula is C17H14OS. The lowest BCUT2D eigenvalue weighted by atomic mass is 10.1. The number of hydrogen-bond acceptors (Lipinski definition) is 2. The smallest absolute Gasteiger partial charge is 0.130 e. The lowest BCUT2D eigenvalue weighted by Gasteiger charge is -2.09. The van der Waals surface area contributed by atoms with Crippen molar-refractivity contribution >= 4 is 22.5 Å². The van der Waals surface area contributed by atoms with Crippen molar-refractivity contribution in [1.82, 2.24) is 0 Å². The zero-order valence-corrected chi connectivity index (χ0v) is 11.4. The normalized spacial score (nSPS) is 10.8. The SMILES string of the molecule is Cc1cccc(Sc2c(O)ccc3ccccc23)c1. The molecule has 3 rings (SSSR count). The summed E-state index contributed by atoms with van der Waals surface area (Å²) in [6, 6.07) is 20.2. The van der Waals surface area contributed by atoms with Crippen molar-refractivity contribution in [2.24, 2.45) is 0 Å². The Balaban J connectivity index is 2.12. The Morgan fingerprint density at radius 2 is 1.74 bits per heavy atom. The Morgan fingerprint density at radius 3 is 2.58 bits per heavy atom. The first-order valence-corrected chi connectivity index (χ1v) is 7.01. The highest BCUT2D eigenvalue weighted by Crippen LogP contribution is 2.39.